The molecule has 0 unspecified atom stereocenters. The molecule has 1 atom stereocenters. The highest BCUT2D eigenvalue weighted by atomic mass is 32.1. The molecule has 0 saturated heterocycles. The second kappa shape index (κ2) is 6.65. The van der Waals surface area contributed by atoms with E-state index in [9.17, 15) is 19.3 Å². The van der Waals surface area contributed by atoms with E-state index in [1.807, 2.05) is 31.4 Å². The lowest BCUT2D eigenvalue weighted by molar-refractivity contribution is -0.387. The van der Waals surface area contributed by atoms with Crippen molar-refractivity contribution in [3.05, 3.63) is 62.1 Å². The van der Waals surface area contributed by atoms with Crippen LogP contribution in [0.3, 0.4) is 0 Å². The molecule has 1 aromatic carbocycles. The van der Waals surface area contributed by atoms with Crippen LogP contribution in [0, 0.1) is 21.8 Å². The summed E-state index contributed by atoms with van der Waals surface area (Å²) in [5.74, 6) is -1.27. The van der Waals surface area contributed by atoms with Crippen LogP contribution in [0.15, 0.2) is 35.7 Å². The Morgan fingerprint density at radius 1 is 1.36 bits per heavy atom. The van der Waals surface area contributed by atoms with Crippen molar-refractivity contribution in [2.45, 2.75) is 19.9 Å². The second-order valence-electron chi connectivity index (χ2n) is 5.13. The smallest absolute Gasteiger partial charge is 0.305 e. The van der Waals surface area contributed by atoms with Crippen LogP contribution in [-0.4, -0.2) is 10.8 Å². The number of halogens is 1. The molecule has 5 nitrogen and oxygen atoms in total. The third kappa shape index (κ3) is 3.48. The van der Waals surface area contributed by atoms with Gasteiger partial charge in [-0.2, -0.15) is 4.39 Å². The molecule has 1 aromatic heterocycles. The number of nitro groups is 1. The average Bonchev–Trinajstić information content (AvgIpc) is 2.98. The van der Waals surface area contributed by atoms with Gasteiger partial charge < -0.3 is 5.32 Å². The summed E-state index contributed by atoms with van der Waals surface area (Å²) in [6, 6.07) is 6.74. The van der Waals surface area contributed by atoms with Crippen LogP contribution in [0.1, 0.15) is 35.1 Å². The molecule has 0 fully saturated rings. The Labute approximate surface area is 130 Å². The van der Waals surface area contributed by atoms with Gasteiger partial charge in [-0.05, 0) is 29.5 Å². The van der Waals surface area contributed by atoms with Crippen molar-refractivity contribution in [1.29, 1.82) is 0 Å². The van der Waals surface area contributed by atoms with Crippen LogP contribution >= 0.6 is 11.3 Å². The second-order valence-corrected chi connectivity index (χ2v) is 6.11. The highest BCUT2D eigenvalue weighted by molar-refractivity contribution is 7.10. The number of amides is 1. The van der Waals surface area contributed by atoms with Crippen LogP contribution < -0.4 is 5.32 Å². The van der Waals surface area contributed by atoms with Crippen LogP contribution in [-0.2, 0) is 0 Å². The van der Waals surface area contributed by atoms with Gasteiger partial charge in [0.05, 0.1) is 11.0 Å². The molecular formula is C15H15FN2O3S. The Kier molecular flexibility index (Phi) is 4.87. The molecule has 0 aliphatic rings. The number of hydrogen-bond acceptors (Lipinski definition) is 4. The predicted octanol–water partition coefficient (Wildman–Crippen LogP) is 3.92. The van der Waals surface area contributed by atoms with Gasteiger partial charge in [0.2, 0.25) is 5.82 Å². The number of nitrogens with zero attached hydrogens (tertiary/aromatic N) is 1. The maximum Gasteiger partial charge on any atom is 0.305 e. The summed E-state index contributed by atoms with van der Waals surface area (Å²) in [4.78, 5) is 23.2. The van der Waals surface area contributed by atoms with Gasteiger partial charge in [-0.25, -0.2) is 0 Å². The Morgan fingerprint density at radius 2 is 2.09 bits per heavy atom. The summed E-state index contributed by atoms with van der Waals surface area (Å²) in [5.41, 5.74) is -0.639. The molecule has 0 aliphatic heterocycles. The van der Waals surface area contributed by atoms with E-state index in [2.05, 4.69) is 5.32 Å². The van der Waals surface area contributed by atoms with Gasteiger partial charge in [0.25, 0.3) is 5.91 Å². The van der Waals surface area contributed by atoms with Gasteiger partial charge in [0.15, 0.2) is 0 Å². The summed E-state index contributed by atoms with van der Waals surface area (Å²) in [6.07, 6.45) is 0. The summed E-state index contributed by atoms with van der Waals surface area (Å²) in [6.45, 7) is 3.94. The van der Waals surface area contributed by atoms with E-state index < -0.39 is 22.3 Å². The molecule has 0 saturated carbocycles. The maximum atomic E-state index is 13.3. The summed E-state index contributed by atoms with van der Waals surface area (Å²) in [5, 5.41) is 15.5. The van der Waals surface area contributed by atoms with E-state index in [4.69, 9.17) is 0 Å². The fourth-order valence-corrected chi connectivity index (χ4v) is 3.00. The summed E-state index contributed by atoms with van der Waals surface area (Å²) >= 11 is 1.52. The van der Waals surface area contributed by atoms with E-state index >= 15 is 0 Å². The standard InChI is InChI=1S/C15H15FN2O3S/c1-9(2)14(13-4-3-7-22-13)17-15(19)10-5-6-11(16)12(8-10)18(20)21/h3-9,14H,1-2H3,(H,17,19)/t14-/m1/s1. The Bertz CT molecular complexity index is 686. The van der Waals surface area contributed by atoms with Gasteiger partial charge in [0.1, 0.15) is 0 Å². The molecule has 0 bridgehead atoms. The van der Waals surface area contributed by atoms with Crippen LogP contribution in [0.25, 0.3) is 0 Å². The minimum absolute atomic E-state index is 0.0651. The number of carbonyl (C=O) groups excluding carboxylic acids is 1. The number of nitrogens with one attached hydrogen (secondary N) is 1. The van der Waals surface area contributed by atoms with Gasteiger partial charge in [-0.1, -0.05) is 19.9 Å². The van der Waals surface area contributed by atoms with Crippen molar-refractivity contribution in [1.82, 2.24) is 5.32 Å². The van der Waals surface area contributed by atoms with Crippen LogP contribution in [0.2, 0.25) is 0 Å². The maximum absolute atomic E-state index is 13.3. The van der Waals surface area contributed by atoms with E-state index in [-0.39, 0.29) is 17.5 Å². The third-order valence-corrected chi connectivity index (χ3v) is 4.16. The first-order valence-corrected chi connectivity index (χ1v) is 7.56. The molecule has 116 valence electrons. The molecule has 1 heterocycles. The van der Waals surface area contributed by atoms with Gasteiger partial charge in [-0.3, -0.25) is 14.9 Å². The molecule has 1 amide bonds. The van der Waals surface area contributed by atoms with Crippen LogP contribution in [0.5, 0.6) is 0 Å². The highest BCUT2D eigenvalue weighted by Gasteiger charge is 2.22. The zero-order valence-electron chi connectivity index (χ0n) is 12.1. The van der Waals surface area contributed by atoms with E-state index in [0.717, 1.165) is 17.0 Å². The highest BCUT2D eigenvalue weighted by Crippen LogP contribution is 2.26. The fourth-order valence-electron chi connectivity index (χ4n) is 2.05. The number of thiophene rings is 1. The largest absolute Gasteiger partial charge is 0.344 e. The molecule has 2 rings (SSSR count). The summed E-state index contributed by atoms with van der Waals surface area (Å²) in [7, 11) is 0. The molecule has 0 radical (unpaired) electrons. The first-order chi connectivity index (χ1) is 10.4. The van der Waals surface area contributed by atoms with Crippen molar-refractivity contribution < 1.29 is 14.1 Å². The number of rotatable bonds is 5. The Balaban J connectivity index is 2.24. The molecular weight excluding hydrogens is 307 g/mol. The van der Waals surface area contributed by atoms with Crippen molar-refractivity contribution in [3.63, 3.8) is 0 Å². The molecule has 0 aliphatic carbocycles. The van der Waals surface area contributed by atoms with E-state index in [0.29, 0.717) is 0 Å². The Hall–Kier alpha value is -2.28. The van der Waals surface area contributed by atoms with Crippen molar-refractivity contribution >= 4 is 22.9 Å². The van der Waals surface area contributed by atoms with Gasteiger partial charge in [-0.15, -0.1) is 11.3 Å². The molecule has 7 heteroatoms. The van der Waals surface area contributed by atoms with Crippen molar-refractivity contribution in [2.75, 3.05) is 0 Å². The lowest BCUT2D eigenvalue weighted by Gasteiger charge is -2.21. The van der Waals surface area contributed by atoms with Crippen molar-refractivity contribution in [3.8, 4) is 0 Å². The quantitative estimate of drug-likeness (QED) is 0.670. The Morgan fingerprint density at radius 3 is 2.64 bits per heavy atom. The monoisotopic (exact) mass is 322 g/mol. The van der Waals surface area contributed by atoms with E-state index in [1.165, 1.54) is 17.4 Å². The number of benzene rings is 1. The zero-order valence-corrected chi connectivity index (χ0v) is 12.9. The van der Waals surface area contributed by atoms with E-state index in [1.54, 1.807) is 0 Å². The third-order valence-electron chi connectivity index (χ3n) is 3.21. The topological polar surface area (TPSA) is 72.2 Å². The summed E-state index contributed by atoms with van der Waals surface area (Å²) < 4.78 is 13.3. The first-order valence-electron chi connectivity index (χ1n) is 6.68. The lowest BCUT2D eigenvalue weighted by atomic mass is 10.0. The van der Waals surface area contributed by atoms with Crippen molar-refractivity contribution in [2.24, 2.45) is 5.92 Å². The molecule has 2 aromatic rings. The minimum atomic E-state index is -0.958. The predicted molar refractivity (Wildman–Crippen MR) is 82.4 cm³/mol. The molecule has 0 spiro atoms. The zero-order chi connectivity index (χ0) is 16.3. The first kappa shape index (κ1) is 16.1. The normalized spacial score (nSPS) is 12.2. The lowest BCUT2D eigenvalue weighted by Crippen LogP contribution is -2.31. The van der Waals surface area contributed by atoms with Gasteiger partial charge >= 0.3 is 5.69 Å². The SMILES string of the molecule is CC(C)[C@@H](NC(=O)c1ccc(F)c([N+](=O)[O-])c1)c1cccs1. The fraction of sp³-hybridized carbons (Fsp3) is 0.267. The number of hydrogen-bond donors (Lipinski definition) is 1. The molecule has 1 N–H and O–H groups in total. The van der Waals surface area contributed by atoms with Gasteiger partial charge in [0, 0.05) is 16.5 Å². The average molecular weight is 322 g/mol. The number of carbonyl (C=O) groups is 1. The molecule has 22 heavy (non-hydrogen) atoms. The minimum Gasteiger partial charge on any atom is -0.344 e. The number of nitro benzene ring substituents is 1. The van der Waals surface area contributed by atoms with Crippen LogP contribution in [0.4, 0.5) is 10.1 Å².